The SMILES string of the molecule is CC/C=C\C/C=C\C/C=C\C/C=C\C/C=C\C/C=C\CCC(=O)OC(CO)COC(=O)CCCCCCC/C=C\CCC. The van der Waals surface area contributed by atoms with Crippen molar-refractivity contribution < 1.29 is 24.2 Å². The number of ether oxygens (including phenoxy) is 2. The number of rotatable bonds is 28. The average molecular weight is 597 g/mol. The summed E-state index contributed by atoms with van der Waals surface area (Å²) in [6.45, 7) is 3.85. The zero-order valence-electron chi connectivity index (χ0n) is 27.2. The van der Waals surface area contributed by atoms with Crippen LogP contribution in [0.5, 0.6) is 0 Å². The van der Waals surface area contributed by atoms with E-state index in [4.69, 9.17) is 9.47 Å². The summed E-state index contributed by atoms with van der Waals surface area (Å²) >= 11 is 0. The second-order valence-corrected chi connectivity index (χ2v) is 10.5. The number of aliphatic hydroxyl groups is 1. The summed E-state index contributed by atoms with van der Waals surface area (Å²) in [6, 6.07) is 0. The molecule has 5 heteroatoms. The Morgan fingerprint density at radius 3 is 1.60 bits per heavy atom. The van der Waals surface area contributed by atoms with E-state index in [1.807, 2.05) is 12.2 Å². The minimum atomic E-state index is -0.817. The monoisotopic (exact) mass is 596 g/mol. The van der Waals surface area contributed by atoms with Gasteiger partial charge in [-0.2, -0.15) is 0 Å². The zero-order chi connectivity index (χ0) is 31.5. The average Bonchev–Trinajstić information content (AvgIpc) is 3.01. The number of carbonyl (C=O) groups is 2. The first-order valence-corrected chi connectivity index (χ1v) is 16.6. The molecule has 0 saturated carbocycles. The number of esters is 2. The van der Waals surface area contributed by atoms with Crippen molar-refractivity contribution in [3.05, 3.63) is 85.1 Å². The first-order chi connectivity index (χ1) is 21.1. The molecular weight excluding hydrogens is 536 g/mol. The number of hydrogen-bond donors (Lipinski definition) is 1. The third-order valence-electron chi connectivity index (χ3n) is 6.42. The van der Waals surface area contributed by atoms with Crippen LogP contribution in [-0.4, -0.2) is 36.4 Å². The van der Waals surface area contributed by atoms with Crippen molar-refractivity contribution in [2.24, 2.45) is 0 Å². The molecule has 5 nitrogen and oxygen atoms in total. The Hall–Kier alpha value is -2.92. The van der Waals surface area contributed by atoms with E-state index in [1.165, 1.54) is 19.3 Å². The Morgan fingerprint density at radius 2 is 1.05 bits per heavy atom. The second kappa shape index (κ2) is 33.6. The fourth-order valence-corrected chi connectivity index (χ4v) is 3.93. The number of carbonyl (C=O) groups excluding carboxylic acids is 2. The van der Waals surface area contributed by atoms with Crippen LogP contribution in [0.3, 0.4) is 0 Å². The van der Waals surface area contributed by atoms with Gasteiger partial charge in [-0.3, -0.25) is 9.59 Å². The Bertz CT molecular complexity index is 860. The van der Waals surface area contributed by atoms with Crippen molar-refractivity contribution in [2.45, 2.75) is 129 Å². The standard InChI is InChI=1S/C38H60O5/c1-3-5-7-9-11-13-15-16-17-18-19-20-21-22-23-25-27-29-31-33-38(41)43-36(34-39)35-42-37(40)32-30-28-26-24-14-12-10-8-6-4-2/h5,7-8,10-11,13,16-17,19-20,22-23,27,29,36,39H,3-4,6,9,12,14-15,18,21,24-26,28,30-35H2,1-2H3/b7-5-,10-8-,13-11-,17-16-,20-19-,23-22-,29-27-. The fraction of sp³-hybridized carbons (Fsp3) is 0.579. The van der Waals surface area contributed by atoms with Gasteiger partial charge >= 0.3 is 11.9 Å². The number of hydrogen-bond acceptors (Lipinski definition) is 5. The lowest BCUT2D eigenvalue weighted by Crippen LogP contribution is -2.28. The van der Waals surface area contributed by atoms with Crippen molar-refractivity contribution in [3.63, 3.8) is 0 Å². The van der Waals surface area contributed by atoms with Crippen LogP contribution in [0.4, 0.5) is 0 Å². The Balaban J connectivity index is 3.79. The minimum absolute atomic E-state index is 0.106. The quantitative estimate of drug-likeness (QED) is 0.0553. The highest BCUT2D eigenvalue weighted by Gasteiger charge is 2.15. The van der Waals surface area contributed by atoms with E-state index in [9.17, 15) is 14.7 Å². The van der Waals surface area contributed by atoms with Crippen LogP contribution in [0.15, 0.2) is 85.1 Å². The maximum Gasteiger partial charge on any atom is 0.306 e. The second-order valence-electron chi connectivity index (χ2n) is 10.5. The van der Waals surface area contributed by atoms with Crippen LogP contribution >= 0.6 is 0 Å². The molecule has 0 bridgehead atoms. The summed E-state index contributed by atoms with van der Waals surface area (Å²) < 4.78 is 10.5. The molecule has 0 aromatic heterocycles. The van der Waals surface area contributed by atoms with E-state index < -0.39 is 12.1 Å². The van der Waals surface area contributed by atoms with Crippen molar-refractivity contribution in [1.82, 2.24) is 0 Å². The van der Waals surface area contributed by atoms with E-state index >= 15 is 0 Å². The van der Waals surface area contributed by atoms with Crippen LogP contribution in [0.1, 0.15) is 123 Å². The first kappa shape index (κ1) is 40.1. The van der Waals surface area contributed by atoms with Gasteiger partial charge in [-0.05, 0) is 70.6 Å². The number of unbranched alkanes of at least 4 members (excludes halogenated alkanes) is 6. The lowest BCUT2D eigenvalue weighted by molar-refractivity contribution is -0.161. The van der Waals surface area contributed by atoms with Gasteiger partial charge in [-0.1, -0.05) is 125 Å². The molecular formula is C38H60O5. The molecule has 0 aromatic rings. The highest BCUT2D eigenvalue weighted by Crippen LogP contribution is 2.09. The summed E-state index contributed by atoms with van der Waals surface area (Å²) in [6.07, 6.45) is 45.1. The molecule has 0 radical (unpaired) electrons. The summed E-state index contributed by atoms with van der Waals surface area (Å²) in [4.78, 5) is 24.0. The molecule has 0 fully saturated rings. The number of aliphatic hydroxyl groups excluding tert-OH is 1. The van der Waals surface area contributed by atoms with Crippen molar-refractivity contribution in [2.75, 3.05) is 13.2 Å². The van der Waals surface area contributed by atoms with Gasteiger partial charge < -0.3 is 14.6 Å². The van der Waals surface area contributed by atoms with E-state index in [2.05, 4.69) is 86.8 Å². The molecule has 0 spiro atoms. The highest BCUT2D eigenvalue weighted by atomic mass is 16.6. The molecule has 0 aromatic carbocycles. The predicted molar refractivity (Wildman–Crippen MR) is 182 cm³/mol. The topological polar surface area (TPSA) is 72.8 Å². The van der Waals surface area contributed by atoms with Gasteiger partial charge in [0.15, 0.2) is 6.10 Å². The van der Waals surface area contributed by atoms with E-state index in [1.54, 1.807) is 0 Å². The lowest BCUT2D eigenvalue weighted by Gasteiger charge is -2.15. The van der Waals surface area contributed by atoms with Crippen molar-refractivity contribution in [1.29, 1.82) is 0 Å². The lowest BCUT2D eigenvalue weighted by atomic mass is 10.1. The fourth-order valence-electron chi connectivity index (χ4n) is 3.93. The molecule has 0 rings (SSSR count). The molecule has 1 atom stereocenters. The Kier molecular flexibility index (Phi) is 31.3. The molecule has 0 amide bonds. The molecule has 0 saturated heterocycles. The molecule has 0 heterocycles. The van der Waals surface area contributed by atoms with Gasteiger partial charge in [0.1, 0.15) is 6.61 Å². The molecule has 242 valence electrons. The first-order valence-electron chi connectivity index (χ1n) is 16.6. The van der Waals surface area contributed by atoms with Crippen LogP contribution in [0, 0.1) is 0 Å². The van der Waals surface area contributed by atoms with Gasteiger partial charge in [0.2, 0.25) is 0 Å². The van der Waals surface area contributed by atoms with Gasteiger partial charge in [0, 0.05) is 12.8 Å². The number of allylic oxidation sites excluding steroid dienone is 14. The molecule has 0 aliphatic carbocycles. The molecule has 1 unspecified atom stereocenters. The Labute approximate surface area is 263 Å². The van der Waals surface area contributed by atoms with Gasteiger partial charge in [-0.15, -0.1) is 0 Å². The zero-order valence-corrected chi connectivity index (χ0v) is 27.2. The van der Waals surface area contributed by atoms with E-state index in [0.717, 1.165) is 70.6 Å². The van der Waals surface area contributed by atoms with Crippen LogP contribution in [0.2, 0.25) is 0 Å². The third-order valence-corrected chi connectivity index (χ3v) is 6.42. The normalized spacial score (nSPS) is 13.3. The van der Waals surface area contributed by atoms with Crippen LogP contribution in [0.25, 0.3) is 0 Å². The molecule has 1 N–H and O–H groups in total. The summed E-state index contributed by atoms with van der Waals surface area (Å²) in [5.74, 6) is -0.714. The molecule has 0 aliphatic heterocycles. The smallest absolute Gasteiger partial charge is 0.306 e. The Morgan fingerprint density at radius 1 is 0.558 bits per heavy atom. The van der Waals surface area contributed by atoms with Crippen LogP contribution < -0.4 is 0 Å². The van der Waals surface area contributed by atoms with Crippen molar-refractivity contribution >= 4 is 11.9 Å². The van der Waals surface area contributed by atoms with Crippen LogP contribution in [-0.2, 0) is 19.1 Å². The third kappa shape index (κ3) is 31.8. The summed E-state index contributed by atoms with van der Waals surface area (Å²) in [5, 5.41) is 9.48. The van der Waals surface area contributed by atoms with Gasteiger partial charge in [-0.25, -0.2) is 0 Å². The molecule has 0 aliphatic rings. The maximum absolute atomic E-state index is 12.1. The maximum atomic E-state index is 12.1. The summed E-state index contributed by atoms with van der Waals surface area (Å²) in [5.41, 5.74) is 0. The van der Waals surface area contributed by atoms with E-state index in [-0.39, 0.29) is 25.6 Å². The van der Waals surface area contributed by atoms with Gasteiger partial charge in [0.05, 0.1) is 6.61 Å². The van der Waals surface area contributed by atoms with Crippen molar-refractivity contribution in [3.8, 4) is 0 Å². The largest absolute Gasteiger partial charge is 0.462 e. The molecule has 43 heavy (non-hydrogen) atoms. The summed E-state index contributed by atoms with van der Waals surface area (Å²) in [7, 11) is 0. The minimum Gasteiger partial charge on any atom is -0.462 e. The predicted octanol–water partition coefficient (Wildman–Crippen LogP) is 10.00. The van der Waals surface area contributed by atoms with Gasteiger partial charge in [0.25, 0.3) is 0 Å². The highest BCUT2D eigenvalue weighted by molar-refractivity contribution is 5.70. The van der Waals surface area contributed by atoms with E-state index in [0.29, 0.717) is 12.8 Å².